The number of aryl methyl sites for hydroxylation is 1. The Bertz CT molecular complexity index is 860. The first-order valence-electron chi connectivity index (χ1n) is 7.26. The number of anilines is 3. The molecule has 0 aliphatic rings. The number of nitrogens with zero attached hydrogens (tertiary/aromatic N) is 2. The van der Waals surface area contributed by atoms with Crippen molar-refractivity contribution in [1.82, 2.24) is 10.1 Å². The third-order valence-electron chi connectivity index (χ3n) is 3.22. The molecule has 3 rings (SSSR count). The molecule has 0 atom stereocenters. The molecule has 0 saturated heterocycles. The van der Waals surface area contributed by atoms with E-state index in [-0.39, 0.29) is 11.6 Å². The van der Waals surface area contributed by atoms with E-state index in [1.807, 2.05) is 24.3 Å². The highest BCUT2D eigenvalue weighted by Crippen LogP contribution is 2.21. The van der Waals surface area contributed by atoms with Gasteiger partial charge in [0, 0.05) is 29.7 Å². The molecule has 0 saturated carbocycles. The van der Waals surface area contributed by atoms with Gasteiger partial charge in [-0.2, -0.15) is 0 Å². The summed E-state index contributed by atoms with van der Waals surface area (Å²) in [4.78, 5) is 16.3. The van der Waals surface area contributed by atoms with Crippen LogP contribution < -0.4 is 15.4 Å². The zero-order chi connectivity index (χ0) is 16.9. The average molecular weight is 324 g/mol. The standard InChI is InChI=1S/C17H16N4O3/c1-11-8-16(21-24-11)20-17(22)15-10-13(6-7-18-15)19-12-4-3-5-14(9-12)23-2/h3-10H,1-2H3,(H,18,19)(H,20,21,22). The number of carbonyl (C=O) groups excluding carboxylic acids is 1. The smallest absolute Gasteiger partial charge is 0.275 e. The summed E-state index contributed by atoms with van der Waals surface area (Å²) < 4.78 is 10.1. The van der Waals surface area contributed by atoms with Gasteiger partial charge in [0.15, 0.2) is 5.82 Å². The van der Waals surface area contributed by atoms with Crippen LogP contribution in [0.1, 0.15) is 16.2 Å². The Labute approximate surface area is 138 Å². The Balaban J connectivity index is 1.74. The molecule has 2 aromatic heterocycles. The van der Waals surface area contributed by atoms with Crippen LogP contribution in [0.5, 0.6) is 5.75 Å². The first kappa shape index (κ1) is 15.5. The quantitative estimate of drug-likeness (QED) is 0.748. The van der Waals surface area contributed by atoms with Gasteiger partial charge in [-0.15, -0.1) is 0 Å². The first-order chi connectivity index (χ1) is 11.6. The fourth-order valence-electron chi connectivity index (χ4n) is 2.11. The highest BCUT2D eigenvalue weighted by molar-refractivity contribution is 6.02. The molecule has 0 radical (unpaired) electrons. The van der Waals surface area contributed by atoms with Crippen LogP contribution >= 0.6 is 0 Å². The van der Waals surface area contributed by atoms with Crippen LogP contribution in [0.2, 0.25) is 0 Å². The van der Waals surface area contributed by atoms with Crippen LogP contribution in [0, 0.1) is 6.92 Å². The molecule has 122 valence electrons. The van der Waals surface area contributed by atoms with E-state index in [9.17, 15) is 4.79 Å². The monoisotopic (exact) mass is 324 g/mol. The third-order valence-corrected chi connectivity index (χ3v) is 3.22. The number of hydrogen-bond acceptors (Lipinski definition) is 6. The number of aromatic nitrogens is 2. The number of rotatable bonds is 5. The van der Waals surface area contributed by atoms with E-state index in [0.29, 0.717) is 11.6 Å². The molecule has 0 fully saturated rings. The van der Waals surface area contributed by atoms with Gasteiger partial charge in [-0.1, -0.05) is 11.2 Å². The van der Waals surface area contributed by atoms with Crippen molar-refractivity contribution in [2.75, 3.05) is 17.7 Å². The minimum Gasteiger partial charge on any atom is -0.497 e. The van der Waals surface area contributed by atoms with Crippen molar-refractivity contribution in [2.45, 2.75) is 6.92 Å². The molecule has 0 aliphatic heterocycles. The number of amides is 1. The Kier molecular flexibility index (Phi) is 4.42. The second kappa shape index (κ2) is 6.82. The molecule has 3 aromatic rings. The van der Waals surface area contributed by atoms with Gasteiger partial charge in [0.2, 0.25) is 0 Å². The zero-order valence-electron chi connectivity index (χ0n) is 13.2. The maximum atomic E-state index is 12.2. The Morgan fingerprint density at radius 2 is 2.00 bits per heavy atom. The van der Waals surface area contributed by atoms with E-state index >= 15 is 0 Å². The van der Waals surface area contributed by atoms with Crippen LogP contribution in [0.3, 0.4) is 0 Å². The molecular weight excluding hydrogens is 308 g/mol. The zero-order valence-corrected chi connectivity index (χ0v) is 13.2. The number of nitrogens with one attached hydrogen (secondary N) is 2. The van der Waals surface area contributed by atoms with Gasteiger partial charge >= 0.3 is 0 Å². The second-order valence-corrected chi connectivity index (χ2v) is 5.06. The summed E-state index contributed by atoms with van der Waals surface area (Å²) in [6.45, 7) is 1.75. The van der Waals surface area contributed by atoms with Gasteiger partial charge in [-0.25, -0.2) is 0 Å². The molecule has 0 spiro atoms. The Morgan fingerprint density at radius 1 is 1.17 bits per heavy atom. The lowest BCUT2D eigenvalue weighted by Crippen LogP contribution is -2.14. The van der Waals surface area contributed by atoms with Crippen LogP contribution in [0.4, 0.5) is 17.2 Å². The summed E-state index contributed by atoms with van der Waals surface area (Å²) in [6.07, 6.45) is 1.56. The molecule has 7 nitrogen and oxygen atoms in total. The summed E-state index contributed by atoms with van der Waals surface area (Å²) in [5, 5.41) is 9.57. The lowest BCUT2D eigenvalue weighted by Gasteiger charge is -2.09. The average Bonchev–Trinajstić information content (AvgIpc) is 3.00. The molecule has 0 aliphatic carbocycles. The lowest BCUT2D eigenvalue weighted by molar-refractivity contribution is 0.102. The molecular formula is C17H16N4O3. The number of methoxy groups -OCH3 is 1. The largest absolute Gasteiger partial charge is 0.497 e. The predicted octanol–water partition coefficient (Wildman–Crippen LogP) is 3.38. The number of ether oxygens (including phenoxy) is 1. The van der Waals surface area contributed by atoms with Gasteiger partial charge in [0.25, 0.3) is 5.91 Å². The van der Waals surface area contributed by atoms with E-state index in [1.54, 1.807) is 38.4 Å². The van der Waals surface area contributed by atoms with E-state index in [0.717, 1.165) is 17.1 Å². The molecule has 2 N–H and O–H groups in total. The highest BCUT2D eigenvalue weighted by Gasteiger charge is 2.11. The summed E-state index contributed by atoms with van der Waals surface area (Å²) in [5.41, 5.74) is 1.85. The van der Waals surface area contributed by atoms with Crippen LogP contribution in [-0.4, -0.2) is 23.2 Å². The molecule has 0 unspecified atom stereocenters. The molecule has 1 amide bonds. The molecule has 2 heterocycles. The molecule has 0 bridgehead atoms. The van der Waals surface area contributed by atoms with Gasteiger partial charge < -0.3 is 19.9 Å². The number of hydrogen-bond donors (Lipinski definition) is 2. The van der Waals surface area contributed by atoms with E-state index in [4.69, 9.17) is 9.26 Å². The minimum absolute atomic E-state index is 0.267. The second-order valence-electron chi connectivity index (χ2n) is 5.06. The van der Waals surface area contributed by atoms with Crippen molar-refractivity contribution in [3.63, 3.8) is 0 Å². The summed E-state index contributed by atoms with van der Waals surface area (Å²) in [5.74, 6) is 1.35. The first-order valence-corrected chi connectivity index (χ1v) is 7.26. The van der Waals surface area contributed by atoms with Gasteiger partial charge in [0.05, 0.1) is 7.11 Å². The highest BCUT2D eigenvalue weighted by atomic mass is 16.5. The summed E-state index contributed by atoms with van der Waals surface area (Å²) >= 11 is 0. The summed E-state index contributed by atoms with van der Waals surface area (Å²) in [7, 11) is 1.61. The summed E-state index contributed by atoms with van der Waals surface area (Å²) in [6, 6.07) is 12.6. The van der Waals surface area contributed by atoms with Gasteiger partial charge in [0.1, 0.15) is 17.2 Å². The SMILES string of the molecule is COc1cccc(Nc2ccnc(C(=O)Nc3cc(C)on3)c2)c1. The van der Waals surface area contributed by atoms with Crippen molar-refractivity contribution < 1.29 is 14.1 Å². The third kappa shape index (κ3) is 3.70. The van der Waals surface area contributed by atoms with Gasteiger partial charge in [-0.3, -0.25) is 9.78 Å². The maximum absolute atomic E-state index is 12.2. The fourth-order valence-corrected chi connectivity index (χ4v) is 2.11. The molecule has 7 heteroatoms. The van der Waals surface area contributed by atoms with Crippen molar-refractivity contribution in [1.29, 1.82) is 0 Å². The minimum atomic E-state index is -0.363. The van der Waals surface area contributed by atoms with Gasteiger partial charge in [-0.05, 0) is 31.2 Å². The van der Waals surface area contributed by atoms with Crippen molar-refractivity contribution in [3.05, 3.63) is 60.1 Å². The topological polar surface area (TPSA) is 89.3 Å². The Morgan fingerprint density at radius 3 is 2.75 bits per heavy atom. The molecule has 1 aromatic carbocycles. The fraction of sp³-hybridized carbons (Fsp3) is 0.118. The molecule has 24 heavy (non-hydrogen) atoms. The van der Waals surface area contributed by atoms with E-state index in [2.05, 4.69) is 20.8 Å². The lowest BCUT2D eigenvalue weighted by atomic mass is 10.2. The normalized spacial score (nSPS) is 10.2. The van der Waals surface area contributed by atoms with E-state index in [1.165, 1.54) is 0 Å². The van der Waals surface area contributed by atoms with Crippen molar-refractivity contribution >= 4 is 23.1 Å². The van der Waals surface area contributed by atoms with E-state index < -0.39 is 0 Å². The van der Waals surface area contributed by atoms with Crippen LogP contribution in [-0.2, 0) is 0 Å². The van der Waals surface area contributed by atoms with Crippen molar-refractivity contribution in [3.8, 4) is 5.75 Å². The van der Waals surface area contributed by atoms with Crippen LogP contribution in [0.15, 0.2) is 53.2 Å². The number of pyridine rings is 1. The predicted molar refractivity (Wildman–Crippen MR) is 89.7 cm³/mol. The van der Waals surface area contributed by atoms with Crippen LogP contribution in [0.25, 0.3) is 0 Å². The van der Waals surface area contributed by atoms with Crippen molar-refractivity contribution in [2.24, 2.45) is 0 Å². The number of carbonyl (C=O) groups is 1. The number of benzene rings is 1. The Hall–Kier alpha value is -3.35. The maximum Gasteiger partial charge on any atom is 0.275 e.